The van der Waals surface area contributed by atoms with Crippen LogP contribution in [-0.2, 0) is 0 Å². The van der Waals surface area contributed by atoms with Crippen LogP contribution in [-0.4, -0.2) is 5.66 Å². The van der Waals surface area contributed by atoms with Crippen LogP contribution >= 0.6 is 31.9 Å². The molecule has 6 heteroatoms. The van der Waals surface area contributed by atoms with E-state index in [9.17, 15) is 8.78 Å². The van der Waals surface area contributed by atoms with E-state index in [4.69, 9.17) is 0 Å². The topological polar surface area (TPSA) is 24.7 Å². The maximum absolute atomic E-state index is 13.3. The van der Waals surface area contributed by atoms with Gasteiger partial charge in [-0.05, 0) is 45.7 Å². The highest BCUT2D eigenvalue weighted by Gasteiger charge is 2.25. The second-order valence-corrected chi connectivity index (χ2v) is 5.26. The second-order valence-electron chi connectivity index (χ2n) is 3.67. The van der Waals surface area contributed by atoms with Gasteiger partial charge in [-0.1, -0.05) is 0 Å². The molecule has 0 spiro atoms. The number of hydrogen-bond donors (Lipinski definition) is 0. The predicted molar refractivity (Wildman–Crippen MR) is 58.1 cm³/mol. The van der Waals surface area contributed by atoms with Crippen LogP contribution in [0.25, 0.3) is 0 Å². The third-order valence-electron chi connectivity index (χ3n) is 1.99. The lowest BCUT2D eigenvalue weighted by molar-refractivity contribution is 0.496. The van der Waals surface area contributed by atoms with Crippen molar-refractivity contribution in [3.05, 3.63) is 31.3 Å². The molecule has 1 heterocycles. The molecule has 0 radical (unpaired) electrons. The molecular weight excluding hydrogens is 334 g/mol. The monoisotopic (exact) mass is 338 g/mol. The average Bonchev–Trinajstić information content (AvgIpc) is 2.48. The van der Waals surface area contributed by atoms with Gasteiger partial charge < -0.3 is 0 Å². The smallest absolute Gasteiger partial charge is 0.176 e. The van der Waals surface area contributed by atoms with Gasteiger partial charge in [-0.25, -0.2) is 8.78 Å². The molecule has 0 bridgehead atoms. The molecule has 0 aromatic heterocycles. The summed E-state index contributed by atoms with van der Waals surface area (Å²) in [5.74, 6) is -1.89. The van der Waals surface area contributed by atoms with Crippen molar-refractivity contribution in [3.8, 4) is 0 Å². The molecule has 15 heavy (non-hydrogen) atoms. The van der Waals surface area contributed by atoms with E-state index in [-0.39, 0.29) is 8.95 Å². The first-order chi connectivity index (χ1) is 6.83. The number of hydrogen-bond acceptors (Lipinski definition) is 2. The molecule has 2 rings (SSSR count). The van der Waals surface area contributed by atoms with Gasteiger partial charge in [-0.15, -0.1) is 0 Å². The molecular formula is C9H6Br2F2N2. The minimum absolute atomic E-state index is 0.0209. The van der Waals surface area contributed by atoms with Crippen LogP contribution in [0.1, 0.15) is 13.8 Å². The zero-order chi connectivity index (χ0) is 11.4. The van der Waals surface area contributed by atoms with Gasteiger partial charge in [0.15, 0.2) is 11.6 Å². The van der Waals surface area contributed by atoms with Crippen LogP contribution in [0.2, 0.25) is 0 Å². The molecule has 0 saturated carbocycles. The third-order valence-corrected chi connectivity index (χ3v) is 3.44. The summed E-state index contributed by atoms with van der Waals surface area (Å²) in [7, 11) is 0. The number of fused-ring (bicyclic) bond motifs is 1. The Hall–Kier alpha value is -0.360. The first-order valence-corrected chi connectivity index (χ1v) is 5.74. The van der Waals surface area contributed by atoms with Crippen LogP contribution in [0.4, 0.5) is 8.78 Å². The number of rotatable bonds is 0. The molecule has 0 N–H and O–H groups in total. The minimum atomic E-state index is -0.947. The van der Waals surface area contributed by atoms with Crippen molar-refractivity contribution in [2.75, 3.05) is 0 Å². The van der Waals surface area contributed by atoms with E-state index < -0.39 is 17.3 Å². The van der Waals surface area contributed by atoms with Gasteiger partial charge in [-0.2, -0.15) is 0 Å². The SMILES string of the molecule is CC1(C)N=c2c(Br)c(F)c(F)c(Br)c2=N1. The molecule has 1 aliphatic rings. The Labute approximate surface area is 101 Å². The summed E-state index contributed by atoms with van der Waals surface area (Å²) in [5, 5.41) is 0.705. The van der Waals surface area contributed by atoms with Crippen LogP contribution in [0.3, 0.4) is 0 Å². The van der Waals surface area contributed by atoms with Crippen molar-refractivity contribution < 1.29 is 8.78 Å². The van der Waals surface area contributed by atoms with Crippen molar-refractivity contribution in [2.24, 2.45) is 9.98 Å². The van der Waals surface area contributed by atoms with E-state index in [2.05, 4.69) is 41.8 Å². The summed E-state index contributed by atoms with van der Waals surface area (Å²) >= 11 is 5.96. The Balaban J connectivity index is 3.00. The highest BCUT2D eigenvalue weighted by molar-refractivity contribution is 9.11. The minimum Gasteiger partial charge on any atom is -0.253 e. The van der Waals surface area contributed by atoms with Crippen molar-refractivity contribution in [2.45, 2.75) is 19.5 Å². The molecule has 1 aliphatic heterocycles. The van der Waals surface area contributed by atoms with E-state index in [0.29, 0.717) is 10.7 Å². The molecule has 0 amide bonds. The normalized spacial score (nSPS) is 16.9. The predicted octanol–water partition coefficient (Wildman–Crippen LogP) is 2.48. The Bertz CT molecular complexity index is 518. The summed E-state index contributed by atoms with van der Waals surface area (Å²) in [6.07, 6.45) is 0. The summed E-state index contributed by atoms with van der Waals surface area (Å²) < 4.78 is 26.7. The fraction of sp³-hybridized carbons (Fsp3) is 0.333. The average molecular weight is 340 g/mol. The Morgan fingerprint density at radius 3 is 1.60 bits per heavy atom. The molecule has 80 valence electrons. The highest BCUT2D eigenvalue weighted by atomic mass is 79.9. The van der Waals surface area contributed by atoms with Crippen molar-refractivity contribution in [3.63, 3.8) is 0 Å². The van der Waals surface area contributed by atoms with E-state index >= 15 is 0 Å². The van der Waals surface area contributed by atoms with Crippen LogP contribution in [0.15, 0.2) is 18.9 Å². The molecule has 0 fully saturated rings. The van der Waals surface area contributed by atoms with Crippen molar-refractivity contribution in [1.82, 2.24) is 0 Å². The fourth-order valence-corrected chi connectivity index (χ4v) is 2.29. The lowest BCUT2D eigenvalue weighted by atomic mass is 10.3. The summed E-state index contributed by atoms with van der Waals surface area (Å²) in [4.78, 5) is 8.39. The highest BCUT2D eigenvalue weighted by Crippen LogP contribution is 2.22. The molecule has 0 atom stereocenters. The Morgan fingerprint density at radius 2 is 1.27 bits per heavy atom. The second kappa shape index (κ2) is 3.31. The molecule has 0 unspecified atom stereocenters. The van der Waals surface area contributed by atoms with E-state index in [1.807, 2.05) is 0 Å². The van der Waals surface area contributed by atoms with E-state index in [0.717, 1.165) is 0 Å². The van der Waals surface area contributed by atoms with Gasteiger partial charge in [0.2, 0.25) is 0 Å². The zero-order valence-corrected chi connectivity index (χ0v) is 11.1. The quantitative estimate of drug-likeness (QED) is 0.512. The van der Waals surface area contributed by atoms with Crippen LogP contribution in [0, 0.1) is 11.6 Å². The van der Waals surface area contributed by atoms with E-state index in [1.165, 1.54) is 0 Å². The maximum atomic E-state index is 13.3. The molecule has 0 saturated heterocycles. The maximum Gasteiger partial charge on any atom is 0.176 e. The zero-order valence-electron chi connectivity index (χ0n) is 7.91. The van der Waals surface area contributed by atoms with Crippen molar-refractivity contribution >= 4 is 31.9 Å². The number of benzene rings is 1. The fourth-order valence-electron chi connectivity index (χ4n) is 1.38. The lowest BCUT2D eigenvalue weighted by Crippen LogP contribution is -2.27. The third kappa shape index (κ3) is 1.63. The van der Waals surface area contributed by atoms with Crippen LogP contribution in [0.5, 0.6) is 0 Å². The lowest BCUT2D eigenvalue weighted by Gasteiger charge is -2.07. The van der Waals surface area contributed by atoms with Gasteiger partial charge in [0.1, 0.15) is 16.4 Å². The van der Waals surface area contributed by atoms with Gasteiger partial charge >= 0.3 is 0 Å². The first-order valence-electron chi connectivity index (χ1n) is 4.15. The largest absolute Gasteiger partial charge is 0.253 e. The van der Waals surface area contributed by atoms with E-state index in [1.54, 1.807) is 13.8 Å². The van der Waals surface area contributed by atoms with Gasteiger partial charge in [0.25, 0.3) is 0 Å². The first kappa shape index (κ1) is 11.1. The molecule has 0 aliphatic carbocycles. The Morgan fingerprint density at radius 1 is 0.933 bits per heavy atom. The summed E-state index contributed by atoms with van der Waals surface area (Å²) in [5.41, 5.74) is -0.673. The molecule has 1 aromatic carbocycles. The van der Waals surface area contributed by atoms with Gasteiger partial charge in [0, 0.05) is 0 Å². The number of halogens is 4. The van der Waals surface area contributed by atoms with Crippen LogP contribution < -0.4 is 10.7 Å². The van der Waals surface area contributed by atoms with Gasteiger partial charge in [0.05, 0.1) is 8.95 Å². The van der Waals surface area contributed by atoms with Crippen molar-refractivity contribution in [1.29, 1.82) is 0 Å². The summed E-state index contributed by atoms with van der Waals surface area (Å²) in [6.45, 7) is 3.53. The Kier molecular flexibility index (Phi) is 2.46. The standard InChI is InChI=1S/C9H6Br2F2N2/c1-9(2)14-7-3(10)5(12)6(13)4(11)8(7)15-9/h1-2H3. The molecule has 2 nitrogen and oxygen atoms in total. The number of nitrogens with zero attached hydrogens (tertiary/aromatic N) is 2. The van der Waals surface area contributed by atoms with Gasteiger partial charge in [-0.3, -0.25) is 9.98 Å². The molecule has 1 aromatic rings. The summed E-state index contributed by atoms with van der Waals surface area (Å²) in [6, 6.07) is 0.